The van der Waals surface area contributed by atoms with Crippen molar-refractivity contribution < 1.29 is 9.59 Å². The third kappa shape index (κ3) is 4.21. The van der Waals surface area contributed by atoms with Crippen LogP contribution in [0.5, 0.6) is 0 Å². The highest BCUT2D eigenvalue weighted by molar-refractivity contribution is 5.80. The first-order chi connectivity index (χ1) is 11.7. The average molecular weight is 331 g/mol. The Morgan fingerprint density at radius 3 is 2.54 bits per heavy atom. The van der Waals surface area contributed by atoms with Crippen molar-refractivity contribution in [2.75, 3.05) is 37.6 Å². The van der Waals surface area contributed by atoms with Crippen LogP contribution < -0.4 is 10.2 Å². The predicted molar refractivity (Wildman–Crippen MR) is 90.4 cm³/mol. The van der Waals surface area contributed by atoms with Crippen molar-refractivity contribution in [1.29, 1.82) is 0 Å². The topological polar surface area (TPSA) is 78.4 Å². The van der Waals surface area contributed by atoms with Crippen LogP contribution in [0.2, 0.25) is 0 Å². The predicted octanol–water partition coefficient (Wildman–Crippen LogP) is 0.822. The molecule has 1 aromatic rings. The zero-order valence-corrected chi connectivity index (χ0v) is 14.0. The second kappa shape index (κ2) is 8.08. The van der Waals surface area contributed by atoms with Crippen LogP contribution >= 0.6 is 0 Å². The Kier molecular flexibility index (Phi) is 5.61. The molecule has 7 heteroatoms. The molecule has 0 bridgehead atoms. The molecule has 2 saturated heterocycles. The maximum atomic E-state index is 12.3. The van der Waals surface area contributed by atoms with Crippen LogP contribution in [0.15, 0.2) is 18.6 Å². The molecule has 0 saturated carbocycles. The lowest BCUT2D eigenvalue weighted by molar-refractivity contribution is -0.130. The maximum Gasteiger partial charge on any atom is 0.224 e. The Bertz CT molecular complexity index is 551. The fraction of sp³-hybridized carbons (Fsp3) is 0.647. The summed E-state index contributed by atoms with van der Waals surface area (Å²) < 4.78 is 0. The summed E-state index contributed by atoms with van der Waals surface area (Å²) in [6.45, 7) is 3.80. The molecule has 3 heterocycles. The van der Waals surface area contributed by atoms with Gasteiger partial charge in [-0.15, -0.1) is 0 Å². The van der Waals surface area contributed by atoms with Gasteiger partial charge < -0.3 is 15.1 Å². The second-order valence-corrected chi connectivity index (χ2v) is 6.45. The van der Waals surface area contributed by atoms with Gasteiger partial charge in [-0.1, -0.05) is 0 Å². The van der Waals surface area contributed by atoms with Crippen LogP contribution in [-0.4, -0.2) is 59.4 Å². The molecule has 0 unspecified atom stereocenters. The number of carbonyl (C=O) groups is 2. The lowest BCUT2D eigenvalue weighted by atomic mass is 9.96. The molecule has 24 heavy (non-hydrogen) atoms. The Labute approximate surface area is 142 Å². The van der Waals surface area contributed by atoms with Gasteiger partial charge in [0.05, 0.1) is 6.20 Å². The molecule has 0 atom stereocenters. The van der Waals surface area contributed by atoms with E-state index in [2.05, 4.69) is 20.2 Å². The largest absolute Gasteiger partial charge is 0.355 e. The smallest absolute Gasteiger partial charge is 0.224 e. The van der Waals surface area contributed by atoms with E-state index in [4.69, 9.17) is 0 Å². The highest BCUT2D eigenvalue weighted by Gasteiger charge is 2.25. The normalized spacial score (nSPS) is 18.7. The van der Waals surface area contributed by atoms with Crippen molar-refractivity contribution in [3.8, 4) is 0 Å². The lowest BCUT2D eigenvalue weighted by Gasteiger charge is -2.31. The monoisotopic (exact) mass is 331 g/mol. The molecule has 130 valence electrons. The van der Waals surface area contributed by atoms with E-state index in [0.717, 1.165) is 57.7 Å². The van der Waals surface area contributed by atoms with Gasteiger partial charge in [0, 0.05) is 57.5 Å². The third-order valence-corrected chi connectivity index (χ3v) is 4.84. The number of nitrogens with zero attached hydrogens (tertiary/aromatic N) is 4. The number of hydrogen-bond acceptors (Lipinski definition) is 5. The molecular weight excluding hydrogens is 306 g/mol. The van der Waals surface area contributed by atoms with Crippen molar-refractivity contribution in [3.05, 3.63) is 18.6 Å². The van der Waals surface area contributed by atoms with Crippen LogP contribution in [0.1, 0.15) is 32.1 Å². The van der Waals surface area contributed by atoms with Crippen molar-refractivity contribution in [1.82, 2.24) is 20.2 Å². The number of hydrogen-bond donors (Lipinski definition) is 1. The quantitative estimate of drug-likeness (QED) is 0.864. The van der Waals surface area contributed by atoms with Crippen LogP contribution in [0.3, 0.4) is 0 Å². The van der Waals surface area contributed by atoms with Gasteiger partial charge in [0.1, 0.15) is 5.82 Å². The molecule has 0 spiro atoms. The standard InChI is InChI=1S/C17H25N5O2/c23-16(22-9-1-2-10-22)3-6-20-17(24)14-4-11-21(12-5-14)15-13-18-7-8-19-15/h7-8,13-14H,1-6,9-12H2,(H,20,24). The van der Waals surface area contributed by atoms with Crippen molar-refractivity contribution >= 4 is 17.6 Å². The molecule has 2 amide bonds. The zero-order valence-electron chi connectivity index (χ0n) is 14.0. The number of piperidine rings is 1. The Morgan fingerprint density at radius 2 is 1.88 bits per heavy atom. The molecule has 2 aliphatic heterocycles. The van der Waals surface area contributed by atoms with Crippen molar-refractivity contribution in [2.45, 2.75) is 32.1 Å². The van der Waals surface area contributed by atoms with Gasteiger partial charge in [-0.25, -0.2) is 4.98 Å². The Morgan fingerprint density at radius 1 is 1.12 bits per heavy atom. The summed E-state index contributed by atoms with van der Waals surface area (Å²) in [7, 11) is 0. The minimum Gasteiger partial charge on any atom is -0.355 e. The summed E-state index contributed by atoms with van der Waals surface area (Å²) in [6.07, 6.45) is 9.32. The van der Waals surface area contributed by atoms with E-state index in [0.29, 0.717) is 13.0 Å². The molecule has 0 aliphatic carbocycles. The summed E-state index contributed by atoms with van der Waals surface area (Å²) in [5, 5.41) is 2.93. The van der Waals surface area contributed by atoms with Gasteiger partial charge in [0.2, 0.25) is 11.8 Å². The fourth-order valence-electron chi connectivity index (χ4n) is 3.39. The van der Waals surface area contributed by atoms with Gasteiger partial charge in [0.15, 0.2) is 0 Å². The summed E-state index contributed by atoms with van der Waals surface area (Å²) >= 11 is 0. The fourth-order valence-corrected chi connectivity index (χ4v) is 3.39. The Hall–Kier alpha value is -2.18. The SMILES string of the molecule is O=C(NCCC(=O)N1CCCC1)C1CCN(c2cnccn2)CC1. The maximum absolute atomic E-state index is 12.3. The van der Waals surface area contributed by atoms with E-state index < -0.39 is 0 Å². The minimum atomic E-state index is 0.0276. The summed E-state index contributed by atoms with van der Waals surface area (Å²) in [5.41, 5.74) is 0. The van der Waals surface area contributed by atoms with E-state index in [1.807, 2.05) is 4.90 Å². The molecular formula is C17H25N5O2. The second-order valence-electron chi connectivity index (χ2n) is 6.45. The lowest BCUT2D eigenvalue weighted by Crippen LogP contribution is -2.41. The van der Waals surface area contributed by atoms with Crippen LogP contribution in [0.25, 0.3) is 0 Å². The molecule has 3 rings (SSSR count). The van der Waals surface area contributed by atoms with E-state index in [-0.39, 0.29) is 17.7 Å². The minimum absolute atomic E-state index is 0.0276. The van der Waals surface area contributed by atoms with Gasteiger partial charge >= 0.3 is 0 Å². The van der Waals surface area contributed by atoms with Gasteiger partial charge in [0.25, 0.3) is 0 Å². The summed E-state index contributed by atoms with van der Waals surface area (Å²) in [5.74, 6) is 1.13. The van der Waals surface area contributed by atoms with Crippen LogP contribution in [0.4, 0.5) is 5.82 Å². The van der Waals surface area contributed by atoms with E-state index in [1.165, 1.54) is 0 Å². The average Bonchev–Trinajstić information content (AvgIpc) is 3.17. The van der Waals surface area contributed by atoms with Gasteiger partial charge in [-0.3, -0.25) is 14.6 Å². The number of nitrogens with one attached hydrogen (secondary N) is 1. The van der Waals surface area contributed by atoms with Crippen LogP contribution in [-0.2, 0) is 9.59 Å². The Balaban J connectivity index is 1.37. The van der Waals surface area contributed by atoms with E-state index in [9.17, 15) is 9.59 Å². The van der Waals surface area contributed by atoms with Crippen molar-refractivity contribution in [3.63, 3.8) is 0 Å². The molecule has 2 fully saturated rings. The van der Waals surface area contributed by atoms with Crippen molar-refractivity contribution in [2.24, 2.45) is 5.92 Å². The van der Waals surface area contributed by atoms with Crippen LogP contribution in [0, 0.1) is 5.92 Å². The molecule has 1 N–H and O–H groups in total. The number of anilines is 1. The molecule has 1 aromatic heterocycles. The summed E-state index contributed by atoms with van der Waals surface area (Å²) in [4.78, 5) is 36.7. The zero-order chi connectivity index (χ0) is 16.8. The first-order valence-electron chi connectivity index (χ1n) is 8.80. The van der Waals surface area contributed by atoms with E-state index in [1.54, 1.807) is 18.6 Å². The number of amides is 2. The number of rotatable bonds is 5. The third-order valence-electron chi connectivity index (χ3n) is 4.84. The number of carbonyl (C=O) groups excluding carboxylic acids is 2. The highest BCUT2D eigenvalue weighted by Crippen LogP contribution is 2.21. The molecule has 0 aromatic carbocycles. The molecule has 0 radical (unpaired) electrons. The highest BCUT2D eigenvalue weighted by atomic mass is 16.2. The first-order valence-corrected chi connectivity index (χ1v) is 8.80. The number of likely N-dealkylation sites (tertiary alicyclic amines) is 1. The summed E-state index contributed by atoms with van der Waals surface area (Å²) in [6, 6.07) is 0. The van der Waals surface area contributed by atoms with Gasteiger partial charge in [-0.05, 0) is 25.7 Å². The first kappa shape index (κ1) is 16.7. The molecule has 7 nitrogen and oxygen atoms in total. The van der Waals surface area contributed by atoms with E-state index >= 15 is 0 Å². The number of aromatic nitrogens is 2. The van der Waals surface area contributed by atoms with Gasteiger partial charge in [-0.2, -0.15) is 0 Å². The molecule has 2 aliphatic rings.